The standard InChI is InChI=1S/C14H12N4/c1-11-7-13(12-5-3-2-4-6-12)9-14(8-11)18-10-15-16-17-18/h2-10H,1H3. The van der Waals surface area contributed by atoms with Gasteiger partial charge in [-0.3, -0.25) is 0 Å². The predicted octanol–water partition coefficient (Wildman–Crippen LogP) is 2.64. The first kappa shape index (κ1) is 10.7. The molecule has 2 aromatic carbocycles. The monoisotopic (exact) mass is 236 g/mol. The lowest BCUT2D eigenvalue weighted by Crippen LogP contribution is -1.96. The van der Waals surface area contributed by atoms with E-state index in [0.29, 0.717) is 0 Å². The Morgan fingerprint density at radius 3 is 2.50 bits per heavy atom. The van der Waals surface area contributed by atoms with Crippen LogP contribution < -0.4 is 0 Å². The van der Waals surface area contributed by atoms with Crippen LogP contribution >= 0.6 is 0 Å². The third-order valence-corrected chi connectivity index (χ3v) is 2.78. The molecule has 88 valence electrons. The van der Waals surface area contributed by atoms with Crippen molar-refractivity contribution in [3.05, 3.63) is 60.4 Å². The van der Waals surface area contributed by atoms with Crippen molar-refractivity contribution in [1.29, 1.82) is 0 Å². The first-order valence-corrected chi connectivity index (χ1v) is 5.73. The summed E-state index contributed by atoms with van der Waals surface area (Å²) in [4.78, 5) is 0. The molecule has 0 radical (unpaired) electrons. The molecule has 0 spiro atoms. The number of nitrogens with zero attached hydrogens (tertiary/aromatic N) is 4. The van der Waals surface area contributed by atoms with Gasteiger partial charge in [0.05, 0.1) is 5.69 Å². The topological polar surface area (TPSA) is 43.6 Å². The summed E-state index contributed by atoms with van der Waals surface area (Å²) in [5, 5.41) is 11.2. The van der Waals surface area contributed by atoms with Crippen molar-refractivity contribution >= 4 is 0 Å². The number of aryl methyl sites for hydroxylation is 1. The largest absolute Gasteiger partial charge is 0.201 e. The molecule has 0 saturated heterocycles. The lowest BCUT2D eigenvalue weighted by atomic mass is 10.0. The molecule has 0 aliphatic rings. The van der Waals surface area contributed by atoms with Gasteiger partial charge in [0.15, 0.2) is 0 Å². The Kier molecular flexibility index (Phi) is 2.61. The van der Waals surface area contributed by atoms with E-state index in [2.05, 4.69) is 52.8 Å². The maximum Gasteiger partial charge on any atom is 0.143 e. The Balaban J connectivity index is 2.12. The van der Waals surface area contributed by atoms with E-state index in [1.54, 1.807) is 11.0 Å². The molecule has 0 aliphatic carbocycles. The zero-order valence-electron chi connectivity index (χ0n) is 9.99. The highest BCUT2D eigenvalue weighted by atomic mass is 15.5. The molecule has 3 rings (SSSR count). The van der Waals surface area contributed by atoms with Gasteiger partial charge >= 0.3 is 0 Å². The quantitative estimate of drug-likeness (QED) is 0.687. The molecule has 0 fully saturated rings. The lowest BCUT2D eigenvalue weighted by molar-refractivity contribution is 0.789. The zero-order chi connectivity index (χ0) is 12.4. The predicted molar refractivity (Wildman–Crippen MR) is 69.3 cm³/mol. The third-order valence-electron chi connectivity index (χ3n) is 2.78. The maximum atomic E-state index is 3.92. The van der Waals surface area contributed by atoms with E-state index < -0.39 is 0 Å². The van der Waals surface area contributed by atoms with E-state index >= 15 is 0 Å². The summed E-state index contributed by atoms with van der Waals surface area (Å²) in [5.41, 5.74) is 4.51. The van der Waals surface area contributed by atoms with Crippen molar-refractivity contribution in [3.63, 3.8) is 0 Å². The molecule has 0 bridgehead atoms. The molecule has 0 aliphatic heterocycles. The molecule has 0 atom stereocenters. The molecule has 4 nitrogen and oxygen atoms in total. The van der Waals surface area contributed by atoms with Crippen LogP contribution in [0.25, 0.3) is 16.8 Å². The number of hydrogen-bond acceptors (Lipinski definition) is 3. The fourth-order valence-electron chi connectivity index (χ4n) is 1.97. The Morgan fingerprint density at radius 2 is 1.78 bits per heavy atom. The van der Waals surface area contributed by atoms with Crippen LogP contribution in [0.4, 0.5) is 0 Å². The first-order chi connectivity index (χ1) is 8.83. The van der Waals surface area contributed by atoms with Crippen molar-refractivity contribution in [2.45, 2.75) is 6.92 Å². The van der Waals surface area contributed by atoms with Crippen LogP contribution in [-0.2, 0) is 0 Å². The fourth-order valence-corrected chi connectivity index (χ4v) is 1.97. The number of aromatic nitrogens is 4. The van der Waals surface area contributed by atoms with E-state index in [1.165, 1.54) is 16.7 Å². The second-order valence-corrected chi connectivity index (χ2v) is 4.18. The van der Waals surface area contributed by atoms with Crippen LogP contribution in [0.2, 0.25) is 0 Å². The Morgan fingerprint density at radius 1 is 0.944 bits per heavy atom. The van der Waals surface area contributed by atoms with Crippen LogP contribution in [0.5, 0.6) is 0 Å². The highest BCUT2D eigenvalue weighted by Crippen LogP contribution is 2.23. The zero-order valence-corrected chi connectivity index (χ0v) is 9.99. The van der Waals surface area contributed by atoms with E-state index in [9.17, 15) is 0 Å². The molecule has 0 amide bonds. The number of benzene rings is 2. The van der Waals surface area contributed by atoms with Gasteiger partial charge in [0, 0.05) is 0 Å². The van der Waals surface area contributed by atoms with Gasteiger partial charge in [-0.1, -0.05) is 36.4 Å². The minimum Gasteiger partial charge on any atom is -0.201 e. The van der Waals surface area contributed by atoms with Gasteiger partial charge in [0.1, 0.15) is 6.33 Å². The number of tetrazole rings is 1. The average Bonchev–Trinajstić information content (AvgIpc) is 2.93. The summed E-state index contributed by atoms with van der Waals surface area (Å²) in [6, 6.07) is 16.6. The van der Waals surface area contributed by atoms with Crippen molar-refractivity contribution < 1.29 is 0 Å². The van der Waals surface area contributed by atoms with Gasteiger partial charge in [-0.15, -0.1) is 5.10 Å². The number of rotatable bonds is 2. The van der Waals surface area contributed by atoms with Gasteiger partial charge in [-0.25, -0.2) is 4.68 Å². The second-order valence-electron chi connectivity index (χ2n) is 4.18. The van der Waals surface area contributed by atoms with Crippen LogP contribution in [0.1, 0.15) is 5.56 Å². The highest BCUT2D eigenvalue weighted by Gasteiger charge is 2.03. The maximum absolute atomic E-state index is 3.92. The fraction of sp³-hybridized carbons (Fsp3) is 0.0714. The molecular weight excluding hydrogens is 224 g/mol. The van der Waals surface area contributed by atoms with Gasteiger partial charge in [0.2, 0.25) is 0 Å². The Bertz CT molecular complexity index is 645. The average molecular weight is 236 g/mol. The summed E-state index contributed by atoms with van der Waals surface area (Å²) >= 11 is 0. The van der Waals surface area contributed by atoms with Crippen LogP contribution in [0, 0.1) is 6.92 Å². The number of hydrogen-bond donors (Lipinski definition) is 0. The van der Waals surface area contributed by atoms with Crippen molar-refractivity contribution in [1.82, 2.24) is 20.2 Å². The highest BCUT2D eigenvalue weighted by molar-refractivity contribution is 5.66. The van der Waals surface area contributed by atoms with E-state index in [4.69, 9.17) is 0 Å². The molecule has 1 heterocycles. The normalized spacial score (nSPS) is 10.5. The van der Waals surface area contributed by atoms with Gasteiger partial charge in [-0.2, -0.15) is 0 Å². The van der Waals surface area contributed by atoms with E-state index in [0.717, 1.165) is 5.69 Å². The summed E-state index contributed by atoms with van der Waals surface area (Å²) in [6.07, 6.45) is 1.60. The van der Waals surface area contributed by atoms with Gasteiger partial charge in [0.25, 0.3) is 0 Å². The molecule has 0 saturated carbocycles. The third kappa shape index (κ3) is 2.00. The van der Waals surface area contributed by atoms with Crippen molar-refractivity contribution in [3.8, 4) is 16.8 Å². The van der Waals surface area contributed by atoms with E-state index in [1.807, 2.05) is 18.2 Å². The summed E-state index contributed by atoms with van der Waals surface area (Å²) in [6.45, 7) is 2.07. The van der Waals surface area contributed by atoms with Crippen LogP contribution in [0.15, 0.2) is 54.9 Å². The second kappa shape index (κ2) is 4.41. The summed E-state index contributed by atoms with van der Waals surface area (Å²) in [7, 11) is 0. The Hall–Kier alpha value is -2.49. The molecule has 3 aromatic rings. The SMILES string of the molecule is Cc1cc(-c2ccccc2)cc(-n2cnnn2)c1. The summed E-state index contributed by atoms with van der Waals surface area (Å²) < 4.78 is 1.67. The van der Waals surface area contributed by atoms with E-state index in [-0.39, 0.29) is 0 Å². The minimum atomic E-state index is 0.971. The molecular formula is C14H12N4. The molecule has 0 N–H and O–H groups in total. The Labute approximate surface area is 105 Å². The minimum absolute atomic E-state index is 0.971. The summed E-state index contributed by atoms with van der Waals surface area (Å²) in [5.74, 6) is 0. The molecule has 1 aromatic heterocycles. The first-order valence-electron chi connectivity index (χ1n) is 5.73. The van der Waals surface area contributed by atoms with Crippen molar-refractivity contribution in [2.75, 3.05) is 0 Å². The van der Waals surface area contributed by atoms with Crippen LogP contribution in [-0.4, -0.2) is 20.2 Å². The lowest BCUT2D eigenvalue weighted by Gasteiger charge is -2.07. The smallest absolute Gasteiger partial charge is 0.143 e. The van der Waals surface area contributed by atoms with Gasteiger partial charge < -0.3 is 0 Å². The van der Waals surface area contributed by atoms with Crippen LogP contribution in [0.3, 0.4) is 0 Å². The van der Waals surface area contributed by atoms with Gasteiger partial charge in [-0.05, 0) is 46.2 Å². The van der Waals surface area contributed by atoms with Crippen molar-refractivity contribution in [2.24, 2.45) is 0 Å². The molecule has 18 heavy (non-hydrogen) atoms. The molecule has 0 unspecified atom stereocenters. The molecule has 4 heteroatoms.